The van der Waals surface area contributed by atoms with Gasteiger partial charge in [0.2, 0.25) is 11.8 Å². The van der Waals surface area contributed by atoms with E-state index in [0.717, 1.165) is 30.6 Å². The molecule has 0 bridgehead atoms. The molecule has 1 fully saturated rings. The lowest BCUT2D eigenvalue weighted by molar-refractivity contribution is -0.126. The summed E-state index contributed by atoms with van der Waals surface area (Å²) in [5.74, 6) is 0.0238. The van der Waals surface area contributed by atoms with Crippen LogP contribution >= 0.6 is 0 Å². The molecule has 0 aliphatic carbocycles. The molecule has 22 heavy (non-hydrogen) atoms. The number of nitrogens with zero attached hydrogens (tertiary/aromatic N) is 1. The summed E-state index contributed by atoms with van der Waals surface area (Å²) < 4.78 is 0. The molecule has 0 aromatic heterocycles. The molecule has 5 heteroatoms. The van der Waals surface area contributed by atoms with Crippen molar-refractivity contribution in [2.75, 3.05) is 11.4 Å². The number of anilines is 1. The number of hydrogen-bond donors (Lipinski definition) is 2. The average Bonchev–Trinajstić information content (AvgIpc) is 2.91. The lowest BCUT2D eigenvalue weighted by Crippen LogP contribution is -2.51. The molecule has 1 aromatic rings. The van der Waals surface area contributed by atoms with Crippen LogP contribution in [-0.4, -0.2) is 23.9 Å². The van der Waals surface area contributed by atoms with Gasteiger partial charge in [-0.1, -0.05) is 25.5 Å². The van der Waals surface area contributed by atoms with Crippen LogP contribution in [0, 0.1) is 0 Å². The first-order valence-corrected chi connectivity index (χ1v) is 7.90. The Morgan fingerprint density at radius 2 is 2.23 bits per heavy atom. The molecule has 0 radical (unpaired) electrons. The maximum atomic E-state index is 12.1. The number of amides is 2. The van der Waals surface area contributed by atoms with E-state index in [1.807, 2.05) is 31.2 Å². The fourth-order valence-corrected chi connectivity index (χ4v) is 2.77. The third-order valence-electron chi connectivity index (χ3n) is 4.04. The van der Waals surface area contributed by atoms with Crippen LogP contribution in [0.2, 0.25) is 0 Å². The fourth-order valence-electron chi connectivity index (χ4n) is 2.77. The quantitative estimate of drug-likeness (QED) is 0.843. The van der Waals surface area contributed by atoms with Gasteiger partial charge in [0.1, 0.15) is 0 Å². The SMILES string of the molecule is CCCC(C)(N)C(=O)NCc1cccc(N2CCCC2=O)c1. The van der Waals surface area contributed by atoms with Crippen molar-refractivity contribution in [1.82, 2.24) is 5.32 Å². The Morgan fingerprint density at radius 3 is 2.86 bits per heavy atom. The molecule has 2 rings (SSSR count). The number of nitrogens with one attached hydrogen (secondary N) is 1. The predicted molar refractivity (Wildman–Crippen MR) is 87.4 cm³/mol. The highest BCUT2D eigenvalue weighted by Crippen LogP contribution is 2.22. The van der Waals surface area contributed by atoms with Crippen molar-refractivity contribution in [1.29, 1.82) is 0 Å². The summed E-state index contributed by atoms with van der Waals surface area (Å²) in [7, 11) is 0. The number of benzene rings is 1. The summed E-state index contributed by atoms with van der Waals surface area (Å²) in [6, 6.07) is 7.74. The summed E-state index contributed by atoms with van der Waals surface area (Å²) in [4.78, 5) is 25.7. The molecule has 2 amide bonds. The number of carbonyl (C=O) groups is 2. The molecule has 1 aromatic carbocycles. The Morgan fingerprint density at radius 1 is 1.45 bits per heavy atom. The van der Waals surface area contributed by atoms with Crippen LogP contribution in [0.25, 0.3) is 0 Å². The highest BCUT2D eigenvalue weighted by molar-refractivity contribution is 5.95. The maximum absolute atomic E-state index is 12.1. The normalized spacial score (nSPS) is 17.4. The Hall–Kier alpha value is -1.88. The second-order valence-corrected chi connectivity index (χ2v) is 6.17. The van der Waals surface area contributed by atoms with Crippen LogP contribution < -0.4 is 16.0 Å². The zero-order valence-electron chi connectivity index (χ0n) is 13.4. The Kier molecular flexibility index (Phi) is 5.19. The van der Waals surface area contributed by atoms with Gasteiger partial charge in [-0.05, 0) is 37.5 Å². The van der Waals surface area contributed by atoms with E-state index in [1.165, 1.54) is 0 Å². The largest absolute Gasteiger partial charge is 0.350 e. The Labute approximate surface area is 131 Å². The van der Waals surface area contributed by atoms with Crippen LogP contribution in [0.5, 0.6) is 0 Å². The minimum Gasteiger partial charge on any atom is -0.350 e. The number of rotatable bonds is 6. The average molecular weight is 303 g/mol. The molecular weight excluding hydrogens is 278 g/mol. The minimum absolute atomic E-state index is 0.142. The van der Waals surface area contributed by atoms with Gasteiger partial charge >= 0.3 is 0 Å². The van der Waals surface area contributed by atoms with E-state index >= 15 is 0 Å². The van der Waals surface area contributed by atoms with Crippen molar-refractivity contribution < 1.29 is 9.59 Å². The van der Waals surface area contributed by atoms with Gasteiger partial charge in [-0.25, -0.2) is 0 Å². The molecule has 1 unspecified atom stereocenters. The maximum Gasteiger partial charge on any atom is 0.240 e. The van der Waals surface area contributed by atoms with E-state index in [1.54, 1.807) is 11.8 Å². The third kappa shape index (κ3) is 3.85. The van der Waals surface area contributed by atoms with Gasteiger partial charge in [0, 0.05) is 25.2 Å². The van der Waals surface area contributed by atoms with Crippen molar-refractivity contribution in [3.8, 4) is 0 Å². The van der Waals surface area contributed by atoms with E-state index in [-0.39, 0.29) is 11.8 Å². The van der Waals surface area contributed by atoms with Crippen molar-refractivity contribution in [3.05, 3.63) is 29.8 Å². The predicted octanol–water partition coefficient (Wildman–Crippen LogP) is 1.95. The summed E-state index contributed by atoms with van der Waals surface area (Å²) in [5, 5.41) is 2.89. The van der Waals surface area contributed by atoms with Crippen LogP contribution in [0.3, 0.4) is 0 Å². The van der Waals surface area contributed by atoms with Crippen LogP contribution in [-0.2, 0) is 16.1 Å². The van der Waals surface area contributed by atoms with E-state index < -0.39 is 5.54 Å². The molecule has 1 heterocycles. The monoisotopic (exact) mass is 303 g/mol. The standard InChI is InChI=1S/C17H25N3O2/c1-3-9-17(2,18)16(22)19-12-13-6-4-7-14(11-13)20-10-5-8-15(20)21/h4,6-7,11H,3,5,8-10,12,18H2,1-2H3,(H,19,22). The fraction of sp³-hybridized carbons (Fsp3) is 0.529. The molecule has 1 aliphatic heterocycles. The van der Waals surface area contributed by atoms with Crippen molar-refractivity contribution in [3.63, 3.8) is 0 Å². The lowest BCUT2D eigenvalue weighted by atomic mass is 9.96. The first-order chi connectivity index (χ1) is 10.4. The number of carbonyl (C=O) groups excluding carboxylic acids is 2. The highest BCUT2D eigenvalue weighted by atomic mass is 16.2. The number of nitrogens with two attached hydrogens (primary N) is 1. The Bertz CT molecular complexity index is 555. The molecule has 0 saturated carbocycles. The lowest BCUT2D eigenvalue weighted by Gasteiger charge is -2.23. The van der Waals surface area contributed by atoms with Gasteiger partial charge in [-0.2, -0.15) is 0 Å². The first kappa shape index (κ1) is 16.5. The van der Waals surface area contributed by atoms with E-state index in [0.29, 0.717) is 19.4 Å². The van der Waals surface area contributed by atoms with Crippen LogP contribution in [0.1, 0.15) is 45.1 Å². The van der Waals surface area contributed by atoms with Gasteiger partial charge in [0.05, 0.1) is 5.54 Å². The number of hydrogen-bond acceptors (Lipinski definition) is 3. The summed E-state index contributed by atoms with van der Waals surface area (Å²) in [6.45, 7) is 4.96. The summed E-state index contributed by atoms with van der Waals surface area (Å²) >= 11 is 0. The van der Waals surface area contributed by atoms with Gasteiger partial charge < -0.3 is 16.0 Å². The highest BCUT2D eigenvalue weighted by Gasteiger charge is 2.27. The molecule has 1 saturated heterocycles. The van der Waals surface area contributed by atoms with E-state index in [4.69, 9.17) is 5.73 Å². The first-order valence-electron chi connectivity index (χ1n) is 7.90. The van der Waals surface area contributed by atoms with E-state index in [2.05, 4.69) is 5.32 Å². The molecular formula is C17H25N3O2. The topological polar surface area (TPSA) is 75.4 Å². The molecule has 3 N–H and O–H groups in total. The smallest absolute Gasteiger partial charge is 0.240 e. The van der Waals surface area contributed by atoms with Gasteiger partial charge in [0.15, 0.2) is 0 Å². The molecule has 0 spiro atoms. The summed E-state index contributed by atoms with van der Waals surface area (Å²) in [6.07, 6.45) is 3.04. The molecule has 1 aliphatic rings. The second kappa shape index (κ2) is 6.92. The zero-order chi connectivity index (χ0) is 16.2. The van der Waals surface area contributed by atoms with Gasteiger partial charge in [-0.15, -0.1) is 0 Å². The molecule has 5 nitrogen and oxygen atoms in total. The second-order valence-electron chi connectivity index (χ2n) is 6.17. The van der Waals surface area contributed by atoms with Crippen LogP contribution in [0.4, 0.5) is 5.69 Å². The molecule has 1 atom stereocenters. The molecule has 120 valence electrons. The summed E-state index contributed by atoms with van der Waals surface area (Å²) in [5.41, 5.74) is 7.05. The van der Waals surface area contributed by atoms with Crippen molar-refractivity contribution in [2.24, 2.45) is 5.73 Å². The Balaban J connectivity index is 1.99. The zero-order valence-corrected chi connectivity index (χ0v) is 13.4. The van der Waals surface area contributed by atoms with Crippen molar-refractivity contribution >= 4 is 17.5 Å². The van der Waals surface area contributed by atoms with Gasteiger partial charge in [-0.3, -0.25) is 9.59 Å². The minimum atomic E-state index is -0.836. The van der Waals surface area contributed by atoms with Crippen LogP contribution in [0.15, 0.2) is 24.3 Å². The van der Waals surface area contributed by atoms with Gasteiger partial charge in [0.25, 0.3) is 0 Å². The van der Waals surface area contributed by atoms with E-state index in [9.17, 15) is 9.59 Å². The van der Waals surface area contributed by atoms with Crippen molar-refractivity contribution in [2.45, 2.75) is 51.6 Å². The third-order valence-corrected chi connectivity index (χ3v) is 4.04.